The molecule has 1 amide bonds. The molecule has 0 aliphatic carbocycles. The van der Waals surface area contributed by atoms with E-state index in [1.807, 2.05) is 18.2 Å². The maximum absolute atomic E-state index is 11.5. The molecule has 2 heterocycles. The Balaban J connectivity index is 1.63. The zero-order chi connectivity index (χ0) is 12.6. The van der Waals surface area contributed by atoms with E-state index in [4.69, 9.17) is 4.42 Å². The zero-order valence-corrected chi connectivity index (χ0v) is 9.93. The first kappa shape index (κ1) is 12.3. The smallest absolute Gasteiger partial charge is 0.234 e. The van der Waals surface area contributed by atoms with Gasteiger partial charge in [0.15, 0.2) is 0 Å². The van der Waals surface area contributed by atoms with Gasteiger partial charge in [0.1, 0.15) is 5.76 Å². The summed E-state index contributed by atoms with van der Waals surface area (Å²) in [6.45, 7) is 1.35. The fraction of sp³-hybridized carbons (Fsp3) is 0.231. The van der Waals surface area contributed by atoms with Crippen LogP contribution in [0.2, 0.25) is 0 Å². The molecule has 0 aliphatic rings. The fourth-order valence-corrected chi connectivity index (χ4v) is 1.48. The van der Waals surface area contributed by atoms with E-state index in [2.05, 4.69) is 15.6 Å². The van der Waals surface area contributed by atoms with Crippen LogP contribution in [0.25, 0.3) is 0 Å². The molecular formula is C13H15N3O2. The van der Waals surface area contributed by atoms with Gasteiger partial charge in [-0.3, -0.25) is 9.78 Å². The first-order valence-electron chi connectivity index (χ1n) is 5.73. The van der Waals surface area contributed by atoms with E-state index in [9.17, 15) is 4.79 Å². The highest BCUT2D eigenvalue weighted by atomic mass is 16.3. The predicted octanol–water partition coefficient (Wildman–Crippen LogP) is 1.08. The van der Waals surface area contributed by atoms with E-state index in [1.165, 1.54) is 0 Å². The van der Waals surface area contributed by atoms with Crippen molar-refractivity contribution < 1.29 is 9.21 Å². The van der Waals surface area contributed by atoms with Gasteiger partial charge < -0.3 is 15.1 Å². The molecule has 5 heteroatoms. The van der Waals surface area contributed by atoms with Crippen molar-refractivity contribution in [2.45, 2.75) is 13.1 Å². The summed E-state index contributed by atoms with van der Waals surface area (Å²) in [5, 5.41) is 5.82. The molecule has 0 aromatic carbocycles. The molecule has 0 saturated carbocycles. The number of rotatable bonds is 6. The van der Waals surface area contributed by atoms with Gasteiger partial charge in [0.25, 0.3) is 0 Å². The minimum Gasteiger partial charge on any atom is -0.467 e. The molecule has 0 bridgehead atoms. The normalized spacial score (nSPS) is 10.2. The monoisotopic (exact) mass is 245 g/mol. The van der Waals surface area contributed by atoms with Crippen molar-refractivity contribution in [2.24, 2.45) is 0 Å². The second-order valence-electron chi connectivity index (χ2n) is 3.82. The van der Waals surface area contributed by atoms with E-state index in [0.717, 1.165) is 11.3 Å². The van der Waals surface area contributed by atoms with E-state index in [-0.39, 0.29) is 12.5 Å². The second-order valence-corrected chi connectivity index (χ2v) is 3.82. The van der Waals surface area contributed by atoms with Crippen molar-refractivity contribution in [1.29, 1.82) is 0 Å². The van der Waals surface area contributed by atoms with Gasteiger partial charge in [0.2, 0.25) is 5.91 Å². The van der Waals surface area contributed by atoms with Crippen molar-refractivity contribution in [2.75, 3.05) is 6.54 Å². The molecular weight excluding hydrogens is 230 g/mol. The average molecular weight is 245 g/mol. The largest absolute Gasteiger partial charge is 0.467 e. The topological polar surface area (TPSA) is 67.2 Å². The van der Waals surface area contributed by atoms with Crippen molar-refractivity contribution in [3.05, 3.63) is 54.2 Å². The van der Waals surface area contributed by atoms with Crippen molar-refractivity contribution in [1.82, 2.24) is 15.6 Å². The number of furan rings is 1. The van der Waals surface area contributed by atoms with E-state index < -0.39 is 0 Å². The Kier molecular flexibility index (Phi) is 4.49. The summed E-state index contributed by atoms with van der Waals surface area (Å²) in [5.74, 6) is 0.693. The Labute approximate surface area is 105 Å². The van der Waals surface area contributed by atoms with Crippen LogP contribution in [0.15, 0.2) is 47.3 Å². The molecule has 2 N–H and O–H groups in total. The summed E-state index contributed by atoms with van der Waals surface area (Å²) in [6, 6.07) is 7.44. The minimum atomic E-state index is -0.0551. The van der Waals surface area contributed by atoms with Crippen LogP contribution in [-0.4, -0.2) is 17.4 Å². The Bertz CT molecular complexity index is 468. The predicted molar refractivity (Wildman–Crippen MR) is 66.5 cm³/mol. The summed E-state index contributed by atoms with van der Waals surface area (Å²) < 4.78 is 5.12. The summed E-state index contributed by atoms with van der Waals surface area (Å²) in [5.41, 5.74) is 1.10. The van der Waals surface area contributed by atoms with Crippen LogP contribution < -0.4 is 10.6 Å². The van der Waals surface area contributed by atoms with E-state index >= 15 is 0 Å². The van der Waals surface area contributed by atoms with E-state index in [1.54, 1.807) is 24.7 Å². The Hall–Kier alpha value is -2.14. The van der Waals surface area contributed by atoms with Crippen LogP contribution in [0.3, 0.4) is 0 Å². The number of carbonyl (C=O) groups is 1. The van der Waals surface area contributed by atoms with Gasteiger partial charge in [-0.2, -0.15) is 0 Å². The minimum absolute atomic E-state index is 0.0551. The number of pyridine rings is 1. The van der Waals surface area contributed by atoms with Crippen molar-refractivity contribution >= 4 is 5.91 Å². The summed E-state index contributed by atoms with van der Waals surface area (Å²) in [4.78, 5) is 15.4. The Morgan fingerprint density at radius 3 is 2.78 bits per heavy atom. The molecule has 0 aliphatic heterocycles. The van der Waals surface area contributed by atoms with Gasteiger partial charge in [-0.05, 0) is 29.8 Å². The highest BCUT2D eigenvalue weighted by Gasteiger charge is 2.02. The molecule has 18 heavy (non-hydrogen) atoms. The number of nitrogens with zero attached hydrogens (tertiary/aromatic N) is 1. The lowest BCUT2D eigenvalue weighted by molar-refractivity contribution is -0.120. The summed E-state index contributed by atoms with van der Waals surface area (Å²) >= 11 is 0. The first-order valence-corrected chi connectivity index (χ1v) is 5.73. The number of hydrogen-bond acceptors (Lipinski definition) is 4. The SMILES string of the molecule is O=C(CNCc1ccncc1)NCc1ccco1. The quantitative estimate of drug-likeness (QED) is 0.799. The first-order chi connectivity index (χ1) is 8.84. The van der Waals surface area contributed by atoms with E-state index in [0.29, 0.717) is 13.1 Å². The number of amides is 1. The van der Waals surface area contributed by atoms with Gasteiger partial charge in [-0.1, -0.05) is 0 Å². The molecule has 0 atom stereocenters. The molecule has 2 rings (SSSR count). The number of carbonyl (C=O) groups excluding carboxylic acids is 1. The lowest BCUT2D eigenvalue weighted by atomic mass is 10.3. The molecule has 2 aromatic heterocycles. The summed E-state index contributed by atoms with van der Waals surface area (Å²) in [7, 11) is 0. The molecule has 2 aromatic rings. The third kappa shape index (κ3) is 4.03. The third-order valence-electron chi connectivity index (χ3n) is 2.40. The second kappa shape index (κ2) is 6.56. The third-order valence-corrected chi connectivity index (χ3v) is 2.40. The van der Waals surface area contributed by atoms with Crippen LogP contribution in [0.1, 0.15) is 11.3 Å². The van der Waals surface area contributed by atoms with Gasteiger partial charge in [-0.25, -0.2) is 0 Å². The number of nitrogens with one attached hydrogen (secondary N) is 2. The molecule has 5 nitrogen and oxygen atoms in total. The average Bonchev–Trinajstić information content (AvgIpc) is 2.91. The Morgan fingerprint density at radius 2 is 2.06 bits per heavy atom. The molecule has 0 unspecified atom stereocenters. The van der Waals surface area contributed by atoms with Crippen molar-refractivity contribution in [3.63, 3.8) is 0 Å². The van der Waals surface area contributed by atoms with Crippen LogP contribution >= 0.6 is 0 Å². The van der Waals surface area contributed by atoms with Gasteiger partial charge >= 0.3 is 0 Å². The lowest BCUT2D eigenvalue weighted by Gasteiger charge is -2.05. The highest BCUT2D eigenvalue weighted by molar-refractivity contribution is 5.77. The summed E-state index contributed by atoms with van der Waals surface area (Å²) in [6.07, 6.45) is 5.05. The van der Waals surface area contributed by atoms with Crippen molar-refractivity contribution in [3.8, 4) is 0 Å². The van der Waals surface area contributed by atoms with Gasteiger partial charge in [0.05, 0.1) is 19.4 Å². The molecule has 94 valence electrons. The van der Waals surface area contributed by atoms with Crippen LogP contribution in [-0.2, 0) is 17.9 Å². The van der Waals surface area contributed by atoms with Gasteiger partial charge in [-0.15, -0.1) is 0 Å². The molecule has 0 spiro atoms. The zero-order valence-electron chi connectivity index (χ0n) is 9.93. The standard InChI is InChI=1S/C13H15N3O2/c17-13(16-9-12-2-1-7-18-12)10-15-8-11-3-5-14-6-4-11/h1-7,15H,8-10H2,(H,16,17). The molecule has 0 fully saturated rings. The number of hydrogen-bond donors (Lipinski definition) is 2. The highest BCUT2D eigenvalue weighted by Crippen LogP contribution is 1.98. The maximum Gasteiger partial charge on any atom is 0.234 e. The van der Waals surface area contributed by atoms with Crippen LogP contribution in [0, 0.1) is 0 Å². The Morgan fingerprint density at radius 1 is 1.22 bits per heavy atom. The fourth-order valence-electron chi connectivity index (χ4n) is 1.48. The molecule has 0 saturated heterocycles. The number of aromatic nitrogens is 1. The maximum atomic E-state index is 11.5. The van der Waals surface area contributed by atoms with Gasteiger partial charge in [0, 0.05) is 18.9 Å². The molecule has 0 radical (unpaired) electrons. The van der Waals surface area contributed by atoms with Crippen LogP contribution in [0.4, 0.5) is 0 Å². The van der Waals surface area contributed by atoms with Crippen LogP contribution in [0.5, 0.6) is 0 Å². The lowest BCUT2D eigenvalue weighted by Crippen LogP contribution is -2.33.